The number of ether oxygens (including phenoxy) is 1. The van der Waals surface area contributed by atoms with Gasteiger partial charge in [-0.05, 0) is 42.3 Å². The molecule has 0 radical (unpaired) electrons. The molecule has 3 aromatic rings. The first kappa shape index (κ1) is 23.5. The van der Waals surface area contributed by atoms with E-state index in [1.807, 2.05) is 12.1 Å². The Balaban J connectivity index is 1.45. The van der Waals surface area contributed by atoms with E-state index in [1.54, 1.807) is 31.2 Å². The number of carbonyl (C=O) groups excluding carboxylic acids is 1. The van der Waals surface area contributed by atoms with E-state index in [-0.39, 0.29) is 24.0 Å². The smallest absolute Gasteiger partial charge is 0.263 e. The number of nitrogens with one attached hydrogen (secondary N) is 1. The number of morpholine rings is 1. The van der Waals surface area contributed by atoms with Gasteiger partial charge in [0.1, 0.15) is 15.7 Å². The number of aromatic nitrogens is 1. The molecule has 10 heteroatoms. The van der Waals surface area contributed by atoms with Gasteiger partial charge in [0.25, 0.3) is 5.91 Å². The summed E-state index contributed by atoms with van der Waals surface area (Å²) in [5.41, 5.74) is 2.71. The van der Waals surface area contributed by atoms with Crippen molar-refractivity contribution in [3.8, 4) is 10.6 Å². The summed E-state index contributed by atoms with van der Waals surface area (Å²) in [6.07, 6.45) is 0. The fourth-order valence-electron chi connectivity index (χ4n) is 3.56. The van der Waals surface area contributed by atoms with E-state index in [2.05, 4.69) is 10.3 Å². The summed E-state index contributed by atoms with van der Waals surface area (Å²) in [7, 11) is -3.48. The topological polar surface area (TPSA) is 88.6 Å². The van der Waals surface area contributed by atoms with Crippen molar-refractivity contribution < 1.29 is 22.3 Å². The third kappa shape index (κ3) is 5.64. The molecule has 1 aliphatic rings. The third-order valence-electron chi connectivity index (χ3n) is 5.35. The molecule has 1 amide bonds. The highest BCUT2D eigenvalue weighted by Crippen LogP contribution is 2.28. The maximum atomic E-state index is 13.2. The van der Waals surface area contributed by atoms with Crippen LogP contribution in [0.25, 0.3) is 10.6 Å². The summed E-state index contributed by atoms with van der Waals surface area (Å²) >= 11 is 1.23. The van der Waals surface area contributed by atoms with Gasteiger partial charge < -0.3 is 10.1 Å². The van der Waals surface area contributed by atoms with E-state index >= 15 is 0 Å². The Morgan fingerprint density at radius 2 is 1.79 bits per heavy atom. The van der Waals surface area contributed by atoms with Crippen LogP contribution in [0.3, 0.4) is 0 Å². The number of benzene rings is 2. The van der Waals surface area contributed by atoms with Crippen LogP contribution in [0, 0.1) is 12.7 Å². The number of rotatable bonds is 7. The average Bonchev–Trinajstić information content (AvgIpc) is 3.21. The zero-order valence-corrected chi connectivity index (χ0v) is 19.7. The molecular formula is C23H24FN3O4S2. The first-order valence-electron chi connectivity index (χ1n) is 10.5. The molecule has 0 atom stereocenters. The van der Waals surface area contributed by atoms with Crippen LogP contribution >= 0.6 is 11.3 Å². The summed E-state index contributed by atoms with van der Waals surface area (Å²) in [6.45, 7) is 3.43. The second kappa shape index (κ2) is 10.1. The van der Waals surface area contributed by atoms with Gasteiger partial charge in [0, 0.05) is 25.2 Å². The molecule has 1 N–H and O–H groups in total. The number of aryl methyl sites for hydroxylation is 1. The molecule has 1 saturated heterocycles. The highest BCUT2D eigenvalue weighted by atomic mass is 32.2. The molecule has 1 aromatic heterocycles. The highest BCUT2D eigenvalue weighted by molar-refractivity contribution is 7.88. The van der Waals surface area contributed by atoms with Crippen LogP contribution in [0.1, 0.15) is 26.5 Å². The van der Waals surface area contributed by atoms with Crippen molar-refractivity contribution in [2.75, 3.05) is 26.3 Å². The first-order valence-corrected chi connectivity index (χ1v) is 12.9. The maximum absolute atomic E-state index is 13.2. The van der Waals surface area contributed by atoms with Crippen molar-refractivity contribution in [3.63, 3.8) is 0 Å². The summed E-state index contributed by atoms with van der Waals surface area (Å²) in [5, 5.41) is 3.51. The maximum Gasteiger partial charge on any atom is 0.263 e. The first-order chi connectivity index (χ1) is 15.8. The fraction of sp³-hybridized carbons (Fsp3) is 0.304. The minimum Gasteiger partial charge on any atom is -0.379 e. The summed E-state index contributed by atoms with van der Waals surface area (Å²) in [6, 6.07) is 13.1. The standard InChI is InChI=1S/C23H24FN3O4S2/c1-16-21(32-23(26-16)17-6-8-20(24)9-7-17)22(28)25-14-18-4-2-3-5-19(18)15-33(29,30)27-10-12-31-13-11-27/h2-9H,10-15H2,1H3,(H,25,28). The van der Waals surface area contributed by atoms with Crippen LogP contribution < -0.4 is 5.32 Å². The van der Waals surface area contributed by atoms with Gasteiger partial charge in [-0.3, -0.25) is 4.79 Å². The third-order valence-corrected chi connectivity index (χ3v) is 8.39. The Bertz CT molecular complexity index is 1240. The molecular weight excluding hydrogens is 465 g/mol. The molecule has 0 saturated carbocycles. The molecule has 0 unspecified atom stereocenters. The van der Waals surface area contributed by atoms with Gasteiger partial charge in [0.05, 0.1) is 24.7 Å². The molecule has 174 valence electrons. The average molecular weight is 490 g/mol. The predicted molar refractivity (Wildman–Crippen MR) is 125 cm³/mol. The zero-order chi connectivity index (χ0) is 23.4. The van der Waals surface area contributed by atoms with Gasteiger partial charge in [-0.15, -0.1) is 11.3 Å². The van der Waals surface area contributed by atoms with E-state index in [1.165, 1.54) is 27.8 Å². The lowest BCUT2D eigenvalue weighted by molar-refractivity contribution is 0.0729. The largest absolute Gasteiger partial charge is 0.379 e. The Morgan fingerprint density at radius 3 is 2.48 bits per heavy atom. The number of sulfonamides is 1. The fourth-order valence-corrected chi connectivity index (χ4v) is 6.11. The summed E-state index contributed by atoms with van der Waals surface area (Å²) in [5.74, 6) is -0.753. The van der Waals surface area contributed by atoms with Crippen molar-refractivity contribution in [3.05, 3.63) is 76.0 Å². The molecule has 7 nitrogen and oxygen atoms in total. The number of carbonyl (C=O) groups is 1. The van der Waals surface area contributed by atoms with Crippen molar-refractivity contribution in [1.82, 2.24) is 14.6 Å². The highest BCUT2D eigenvalue weighted by Gasteiger charge is 2.25. The molecule has 2 aromatic carbocycles. The van der Waals surface area contributed by atoms with Crippen LogP contribution in [0.5, 0.6) is 0 Å². The lowest BCUT2D eigenvalue weighted by Gasteiger charge is -2.26. The molecule has 2 heterocycles. The van der Waals surface area contributed by atoms with E-state index in [0.717, 1.165) is 11.1 Å². The van der Waals surface area contributed by atoms with Gasteiger partial charge in [0.2, 0.25) is 10.0 Å². The molecule has 33 heavy (non-hydrogen) atoms. The van der Waals surface area contributed by atoms with Crippen molar-refractivity contribution in [2.24, 2.45) is 0 Å². The lowest BCUT2D eigenvalue weighted by atomic mass is 10.1. The van der Waals surface area contributed by atoms with Gasteiger partial charge in [-0.2, -0.15) is 4.31 Å². The van der Waals surface area contributed by atoms with E-state index in [0.29, 0.717) is 47.4 Å². The number of hydrogen-bond donors (Lipinski definition) is 1. The van der Waals surface area contributed by atoms with E-state index in [9.17, 15) is 17.6 Å². The zero-order valence-electron chi connectivity index (χ0n) is 18.1. The van der Waals surface area contributed by atoms with Crippen molar-refractivity contribution >= 4 is 27.3 Å². The number of thiazole rings is 1. The van der Waals surface area contributed by atoms with Crippen LogP contribution in [0.2, 0.25) is 0 Å². The van der Waals surface area contributed by atoms with Crippen molar-refractivity contribution in [1.29, 1.82) is 0 Å². The van der Waals surface area contributed by atoms with E-state index < -0.39 is 10.0 Å². The van der Waals surface area contributed by atoms with Gasteiger partial charge in [-0.25, -0.2) is 17.8 Å². The normalized spacial score (nSPS) is 14.8. The summed E-state index contributed by atoms with van der Waals surface area (Å²) in [4.78, 5) is 17.8. The molecule has 4 rings (SSSR count). The predicted octanol–water partition coefficient (Wildman–Crippen LogP) is 3.35. The minimum atomic E-state index is -3.48. The summed E-state index contributed by atoms with van der Waals surface area (Å²) < 4.78 is 45.5. The van der Waals surface area contributed by atoms with Crippen LogP contribution in [-0.2, 0) is 27.1 Å². The molecule has 0 bridgehead atoms. The van der Waals surface area contributed by atoms with E-state index in [4.69, 9.17) is 4.74 Å². The minimum absolute atomic E-state index is 0.132. The number of nitrogens with zero attached hydrogens (tertiary/aromatic N) is 2. The van der Waals surface area contributed by atoms with Crippen molar-refractivity contribution in [2.45, 2.75) is 19.2 Å². The second-order valence-corrected chi connectivity index (χ2v) is 10.6. The number of amides is 1. The molecule has 1 fully saturated rings. The van der Waals surface area contributed by atoms with Gasteiger partial charge in [-0.1, -0.05) is 24.3 Å². The lowest BCUT2D eigenvalue weighted by Crippen LogP contribution is -2.41. The number of hydrogen-bond acceptors (Lipinski definition) is 6. The molecule has 0 aliphatic carbocycles. The van der Waals surface area contributed by atoms with Gasteiger partial charge in [0.15, 0.2) is 0 Å². The van der Waals surface area contributed by atoms with Gasteiger partial charge >= 0.3 is 0 Å². The Labute approximate surface area is 196 Å². The quantitative estimate of drug-likeness (QED) is 0.550. The Hall–Kier alpha value is -2.66. The number of halogens is 1. The molecule has 1 aliphatic heterocycles. The monoisotopic (exact) mass is 489 g/mol. The second-order valence-electron chi connectivity index (χ2n) is 7.66. The molecule has 0 spiro atoms. The SMILES string of the molecule is Cc1nc(-c2ccc(F)cc2)sc1C(=O)NCc1ccccc1CS(=O)(=O)N1CCOCC1. The van der Waals surface area contributed by atoms with Crippen LogP contribution in [0.15, 0.2) is 48.5 Å². The Morgan fingerprint density at radius 1 is 1.12 bits per heavy atom. The van der Waals surface area contributed by atoms with Crippen LogP contribution in [-0.4, -0.2) is 49.9 Å². The van der Waals surface area contributed by atoms with Crippen LogP contribution in [0.4, 0.5) is 4.39 Å². The Kier molecular flexibility index (Phi) is 7.18.